The van der Waals surface area contributed by atoms with Gasteiger partial charge < -0.3 is 9.47 Å². The van der Waals surface area contributed by atoms with Crippen LogP contribution in [0, 0.1) is 0 Å². The van der Waals surface area contributed by atoms with Crippen molar-refractivity contribution in [2.45, 2.75) is 11.3 Å². The Hall–Kier alpha value is -1.67. The van der Waals surface area contributed by atoms with Crippen molar-refractivity contribution in [3.05, 3.63) is 29.9 Å². The molecule has 0 saturated carbocycles. The highest BCUT2D eigenvalue weighted by Gasteiger charge is 2.26. The second-order valence-corrected chi connectivity index (χ2v) is 7.28. The van der Waals surface area contributed by atoms with Crippen LogP contribution in [0.5, 0.6) is 0 Å². The molecule has 0 fully saturated rings. The van der Waals surface area contributed by atoms with Crippen LogP contribution >= 0.6 is 0 Å². The van der Waals surface area contributed by atoms with Crippen LogP contribution in [0.25, 0.3) is 0 Å². The minimum Gasteiger partial charge on any atom is -0.345 e. The third-order valence-corrected chi connectivity index (χ3v) is 5.15. The lowest BCUT2D eigenvalue weighted by Gasteiger charge is -2.24. The second-order valence-electron chi connectivity index (χ2n) is 5.13. The summed E-state index contributed by atoms with van der Waals surface area (Å²) in [5, 5.41) is 0. The summed E-state index contributed by atoms with van der Waals surface area (Å²) in [7, 11) is 0.848. The predicted octanol–water partition coefficient (Wildman–Crippen LogP) is 0.975. The maximum Gasteiger partial charge on any atom is 0.270 e. The summed E-state index contributed by atoms with van der Waals surface area (Å²) in [5.41, 5.74) is 0.227. The Labute approximate surface area is 123 Å². The minimum absolute atomic E-state index is 0.0476. The first-order valence-electron chi connectivity index (χ1n) is 6.46. The SMILES string of the molecule is CN(C)S(=O)(=O)c1cc(C(=O)N2CCC=C(F)C2)n(C)c1. The van der Waals surface area contributed by atoms with Crippen LogP contribution in [-0.4, -0.2) is 55.3 Å². The molecular weight excluding hydrogens is 297 g/mol. The lowest BCUT2D eigenvalue weighted by atomic mass is 10.2. The number of sulfonamides is 1. The minimum atomic E-state index is -3.60. The van der Waals surface area contributed by atoms with Crippen LogP contribution < -0.4 is 0 Å². The van der Waals surface area contributed by atoms with E-state index in [1.54, 1.807) is 7.05 Å². The molecule has 0 bridgehead atoms. The van der Waals surface area contributed by atoms with Crippen LogP contribution in [-0.2, 0) is 17.1 Å². The molecule has 0 atom stereocenters. The molecule has 0 aliphatic carbocycles. The number of amides is 1. The van der Waals surface area contributed by atoms with Crippen molar-refractivity contribution < 1.29 is 17.6 Å². The van der Waals surface area contributed by atoms with E-state index < -0.39 is 10.0 Å². The molecule has 0 unspecified atom stereocenters. The maximum atomic E-state index is 13.3. The van der Waals surface area contributed by atoms with Gasteiger partial charge in [0, 0.05) is 33.9 Å². The maximum absolute atomic E-state index is 13.3. The quantitative estimate of drug-likeness (QED) is 0.835. The number of hydrogen-bond acceptors (Lipinski definition) is 3. The van der Waals surface area contributed by atoms with Gasteiger partial charge in [-0.15, -0.1) is 0 Å². The molecule has 21 heavy (non-hydrogen) atoms. The topological polar surface area (TPSA) is 62.6 Å². The first-order valence-corrected chi connectivity index (χ1v) is 7.90. The molecule has 116 valence electrons. The average Bonchev–Trinajstić information content (AvgIpc) is 2.80. The van der Waals surface area contributed by atoms with Gasteiger partial charge in [-0.3, -0.25) is 4.79 Å². The number of carbonyl (C=O) groups is 1. The van der Waals surface area contributed by atoms with Gasteiger partial charge in [-0.1, -0.05) is 0 Å². The van der Waals surface area contributed by atoms with E-state index in [9.17, 15) is 17.6 Å². The third kappa shape index (κ3) is 3.01. The molecule has 1 aromatic heterocycles. The Morgan fingerprint density at radius 1 is 1.38 bits per heavy atom. The monoisotopic (exact) mass is 315 g/mol. The van der Waals surface area contributed by atoms with Gasteiger partial charge in [-0.05, 0) is 18.6 Å². The summed E-state index contributed by atoms with van der Waals surface area (Å²) in [5.74, 6) is -0.717. The van der Waals surface area contributed by atoms with E-state index in [-0.39, 0.29) is 28.9 Å². The molecule has 0 saturated heterocycles. The van der Waals surface area contributed by atoms with Crippen molar-refractivity contribution in [3.63, 3.8) is 0 Å². The highest BCUT2D eigenvalue weighted by atomic mass is 32.2. The van der Waals surface area contributed by atoms with Gasteiger partial charge in [0.05, 0.1) is 6.54 Å². The zero-order valence-corrected chi connectivity index (χ0v) is 13.0. The number of nitrogens with zero attached hydrogens (tertiary/aromatic N) is 3. The van der Waals surface area contributed by atoms with E-state index >= 15 is 0 Å². The van der Waals surface area contributed by atoms with E-state index in [0.717, 1.165) is 4.31 Å². The molecule has 6 nitrogen and oxygen atoms in total. The third-order valence-electron chi connectivity index (χ3n) is 3.37. The van der Waals surface area contributed by atoms with E-state index in [1.165, 1.54) is 41.9 Å². The summed E-state index contributed by atoms with van der Waals surface area (Å²) in [6.45, 7) is 0.354. The summed E-state index contributed by atoms with van der Waals surface area (Å²) in [6, 6.07) is 1.33. The van der Waals surface area contributed by atoms with E-state index in [1.807, 2.05) is 0 Å². The van der Waals surface area contributed by atoms with E-state index in [2.05, 4.69) is 0 Å². The van der Waals surface area contributed by atoms with Gasteiger partial charge in [0.1, 0.15) is 16.4 Å². The molecule has 1 aliphatic heterocycles. The zero-order valence-electron chi connectivity index (χ0n) is 12.2. The molecule has 0 radical (unpaired) electrons. The second kappa shape index (κ2) is 5.61. The van der Waals surface area contributed by atoms with E-state index in [0.29, 0.717) is 13.0 Å². The molecule has 1 amide bonds. The number of aryl methyl sites for hydroxylation is 1. The van der Waals surface area contributed by atoms with Gasteiger partial charge >= 0.3 is 0 Å². The fourth-order valence-corrected chi connectivity index (χ4v) is 3.11. The summed E-state index contributed by atoms with van der Waals surface area (Å²) >= 11 is 0. The Morgan fingerprint density at radius 2 is 2.05 bits per heavy atom. The van der Waals surface area contributed by atoms with Gasteiger partial charge in [0.25, 0.3) is 5.91 Å². The zero-order chi connectivity index (χ0) is 15.8. The average molecular weight is 315 g/mol. The summed E-state index contributed by atoms with van der Waals surface area (Å²) in [4.78, 5) is 13.8. The number of hydrogen-bond donors (Lipinski definition) is 0. The number of aromatic nitrogens is 1. The number of rotatable bonds is 3. The van der Waals surface area contributed by atoms with Crippen molar-refractivity contribution in [3.8, 4) is 0 Å². The Balaban J connectivity index is 2.32. The molecule has 1 aromatic rings. The van der Waals surface area contributed by atoms with Crippen molar-refractivity contribution >= 4 is 15.9 Å². The van der Waals surface area contributed by atoms with Gasteiger partial charge in [0.2, 0.25) is 10.0 Å². The Morgan fingerprint density at radius 3 is 2.62 bits per heavy atom. The van der Waals surface area contributed by atoms with Gasteiger partial charge in [-0.25, -0.2) is 17.1 Å². The van der Waals surface area contributed by atoms with Crippen molar-refractivity contribution in [1.82, 2.24) is 13.8 Å². The molecule has 1 aliphatic rings. The first kappa shape index (κ1) is 15.7. The molecule has 2 heterocycles. The largest absolute Gasteiger partial charge is 0.345 e. The smallest absolute Gasteiger partial charge is 0.270 e. The first-order chi connectivity index (χ1) is 9.73. The van der Waals surface area contributed by atoms with Crippen molar-refractivity contribution in [1.29, 1.82) is 0 Å². The number of carbonyl (C=O) groups excluding carboxylic acids is 1. The van der Waals surface area contributed by atoms with Crippen LogP contribution in [0.4, 0.5) is 4.39 Å². The standard InChI is InChI=1S/C13H18FN3O3S/c1-15(2)21(19,20)11-7-12(16(3)9-11)13(18)17-6-4-5-10(14)8-17/h5,7,9H,4,6,8H2,1-3H3. The number of halogens is 1. The predicted molar refractivity (Wildman–Crippen MR) is 76.0 cm³/mol. The van der Waals surface area contributed by atoms with Crippen LogP contribution in [0.2, 0.25) is 0 Å². The van der Waals surface area contributed by atoms with E-state index in [4.69, 9.17) is 0 Å². The van der Waals surface area contributed by atoms with Crippen molar-refractivity contribution in [2.75, 3.05) is 27.2 Å². The van der Waals surface area contributed by atoms with Crippen molar-refractivity contribution in [2.24, 2.45) is 7.05 Å². The molecule has 0 aromatic carbocycles. The normalized spacial score (nSPS) is 16.2. The highest BCUT2D eigenvalue weighted by Crippen LogP contribution is 2.19. The Kier molecular flexibility index (Phi) is 4.20. The van der Waals surface area contributed by atoms with Crippen LogP contribution in [0.3, 0.4) is 0 Å². The van der Waals surface area contributed by atoms with Gasteiger partial charge in [-0.2, -0.15) is 0 Å². The fourth-order valence-electron chi connectivity index (χ4n) is 2.14. The molecule has 0 spiro atoms. The molecular formula is C13H18FN3O3S. The highest BCUT2D eigenvalue weighted by molar-refractivity contribution is 7.89. The fraction of sp³-hybridized carbons (Fsp3) is 0.462. The van der Waals surface area contributed by atoms with Gasteiger partial charge in [0.15, 0.2) is 0 Å². The lowest BCUT2D eigenvalue weighted by Crippen LogP contribution is -2.36. The Bertz CT molecular complexity index is 692. The lowest BCUT2D eigenvalue weighted by molar-refractivity contribution is 0.0745. The summed E-state index contributed by atoms with van der Waals surface area (Å²) in [6.07, 6.45) is 3.31. The van der Waals surface area contributed by atoms with Crippen LogP contribution in [0.15, 0.2) is 29.1 Å². The van der Waals surface area contributed by atoms with Crippen LogP contribution in [0.1, 0.15) is 16.9 Å². The molecule has 0 N–H and O–H groups in total. The molecule has 8 heteroatoms. The summed E-state index contributed by atoms with van der Waals surface area (Å²) < 4.78 is 39.9. The molecule has 2 rings (SSSR count).